The van der Waals surface area contributed by atoms with E-state index in [0.29, 0.717) is 5.82 Å². The minimum atomic E-state index is -0.487. The van der Waals surface area contributed by atoms with Crippen molar-refractivity contribution < 1.29 is 14.3 Å². The zero-order chi connectivity index (χ0) is 14.8. The first-order valence-electron chi connectivity index (χ1n) is 6.66. The summed E-state index contributed by atoms with van der Waals surface area (Å²) in [6.07, 6.45) is 0.864. The summed E-state index contributed by atoms with van der Waals surface area (Å²) in [5.74, 6) is 0.926. The maximum atomic E-state index is 11.7. The molecule has 1 aromatic heterocycles. The van der Waals surface area contributed by atoms with Crippen molar-refractivity contribution in [2.75, 3.05) is 26.1 Å². The summed E-state index contributed by atoms with van der Waals surface area (Å²) in [6, 6.07) is 7.86. The highest BCUT2D eigenvalue weighted by molar-refractivity contribution is 5.92. The van der Waals surface area contributed by atoms with E-state index in [4.69, 9.17) is 9.47 Å². The molecule has 0 amide bonds. The second-order valence-corrected chi connectivity index (χ2v) is 4.73. The number of carbonyl (C=O) groups excluding carboxylic acids is 1. The lowest BCUT2D eigenvalue weighted by Crippen LogP contribution is -2.25. The van der Waals surface area contributed by atoms with Gasteiger partial charge in [0.1, 0.15) is 5.75 Å². The Kier molecular flexibility index (Phi) is 3.47. The molecule has 21 heavy (non-hydrogen) atoms. The van der Waals surface area contributed by atoms with Gasteiger partial charge in [-0.1, -0.05) is 17.3 Å². The van der Waals surface area contributed by atoms with Crippen molar-refractivity contribution in [1.29, 1.82) is 0 Å². The zero-order valence-corrected chi connectivity index (χ0v) is 11.9. The van der Waals surface area contributed by atoms with Crippen LogP contribution in [0.3, 0.4) is 0 Å². The molecule has 1 aromatic carbocycles. The predicted molar refractivity (Wildman–Crippen MR) is 75.6 cm³/mol. The number of carbonyl (C=O) groups is 1. The van der Waals surface area contributed by atoms with Crippen LogP contribution < -0.4 is 10.1 Å². The summed E-state index contributed by atoms with van der Waals surface area (Å²) in [5, 5.41) is 11.2. The van der Waals surface area contributed by atoms with Crippen molar-refractivity contribution in [3.05, 3.63) is 35.5 Å². The van der Waals surface area contributed by atoms with Crippen LogP contribution in [0.1, 0.15) is 28.5 Å². The third kappa shape index (κ3) is 2.31. The summed E-state index contributed by atoms with van der Waals surface area (Å²) in [4.78, 5) is 11.7. The summed E-state index contributed by atoms with van der Waals surface area (Å²) in [7, 11) is 2.97. The molecule has 0 saturated heterocycles. The van der Waals surface area contributed by atoms with Crippen LogP contribution >= 0.6 is 0 Å². The van der Waals surface area contributed by atoms with Crippen LogP contribution in [-0.2, 0) is 4.74 Å². The predicted octanol–water partition coefficient (Wildman–Crippen LogP) is 1.48. The first-order valence-corrected chi connectivity index (χ1v) is 6.66. The second-order valence-electron chi connectivity index (χ2n) is 4.73. The molecule has 7 nitrogen and oxygen atoms in total. The Morgan fingerprint density at radius 3 is 2.76 bits per heavy atom. The van der Waals surface area contributed by atoms with Gasteiger partial charge < -0.3 is 14.8 Å². The molecule has 1 atom stereocenters. The normalized spacial score (nSPS) is 16.8. The first kappa shape index (κ1) is 13.4. The SMILES string of the molecule is COC(=O)c1nnn2c1NCCC2c1ccc(OC)cc1. The minimum Gasteiger partial charge on any atom is -0.497 e. The minimum absolute atomic E-state index is 0.0399. The summed E-state index contributed by atoms with van der Waals surface area (Å²) >= 11 is 0. The molecule has 0 saturated carbocycles. The lowest BCUT2D eigenvalue weighted by atomic mass is 10.0. The molecular formula is C14H16N4O3. The Labute approximate surface area is 121 Å². The van der Waals surface area contributed by atoms with Gasteiger partial charge in [-0.05, 0) is 24.1 Å². The van der Waals surface area contributed by atoms with Gasteiger partial charge in [-0.25, -0.2) is 9.48 Å². The third-order valence-corrected chi connectivity index (χ3v) is 3.58. The van der Waals surface area contributed by atoms with E-state index < -0.39 is 5.97 Å². The van der Waals surface area contributed by atoms with Gasteiger partial charge in [-0.2, -0.15) is 0 Å². The summed E-state index contributed by atoms with van der Waals surface area (Å²) in [5.41, 5.74) is 1.32. The number of esters is 1. The molecule has 110 valence electrons. The number of nitrogens with one attached hydrogen (secondary N) is 1. The molecule has 0 radical (unpaired) electrons. The topological polar surface area (TPSA) is 78.3 Å². The number of hydrogen-bond donors (Lipinski definition) is 1. The maximum Gasteiger partial charge on any atom is 0.362 e. The van der Waals surface area contributed by atoms with Gasteiger partial charge >= 0.3 is 5.97 Å². The number of hydrogen-bond acceptors (Lipinski definition) is 6. The first-order chi connectivity index (χ1) is 10.2. The Morgan fingerprint density at radius 1 is 1.33 bits per heavy atom. The van der Waals surface area contributed by atoms with E-state index in [-0.39, 0.29) is 11.7 Å². The Balaban J connectivity index is 1.96. The van der Waals surface area contributed by atoms with E-state index in [1.54, 1.807) is 11.8 Å². The van der Waals surface area contributed by atoms with E-state index in [2.05, 4.69) is 15.6 Å². The fourth-order valence-corrected chi connectivity index (χ4v) is 2.49. The van der Waals surface area contributed by atoms with Crippen molar-refractivity contribution in [2.45, 2.75) is 12.5 Å². The summed E-state index contributed by atoms with van der Waals surface area (Å²) < 4.78 is 11.6. The van der Waals surface area contributed by atoms with Gasteiger partial charge in [0, 0.05) is 6.54 Å². The number of benzene rings is 1. The number of nitrogens with zero attached hydrogens (tertiary/aromatic N) is 3. The molecule has 1 aliphatic heterocycles. The largest absolute Gasteiger partial charge is 0.497 e. The van der Waals surface area contributed by atoms with Gasteiger partial charge in [0.25, 0.3) is 0 Å². The lowest BCUT2D eigenvalue weighted by molar-refractivity contribution is 0.0595. The number of fused-ring (bicyclic) bond motifs is 1. The standard InChI is InChI=1S/C14H16N4O3/c1-20-10-5-3-9(4-6-10)11-7-8-15-13-12(14(19)21-2)16-17-18(11)13/h3-6,11,15H,7-8H2,1-2H3. The summed E-state index contributed by atoms with van der Waals surface area (Å²) in [6.45, 7) is 0.744. The van der Waals surface area contributed by atoms with E-state index in [0.717, 1.165) is 24.3 Å². The van der Waals surface area contributed by atoms with Crippen molar-refractivity contribution in [3.63, 3.8) is 0 Å². The highest BCUT2D eigenvalue weighted by atomic mass is 16.5. The Morgan fingerprint density at radius 2 is 2.10 bits per heavy atom. The van der Waals surface area contributed by atoms with E-state index in [1.807, 2.05) is 24.3 Å². The molecule has 1 N–H and O–H groups in total. The van der Waals surface area contributed by atoms with Crippen molar-refractivity contribution in [3.8, 4) is 5.75 Å². The molecule has 2 heterocycles. The number of rotatable bonds is 3. The molecule has 0 aliphatic carbocycles. The van der Waals surface area contributed by atoms with Gasteiger partial charge in [0.15, 0.2) is 5.82 Å². The highest BCUT2D eigenvalue weighted by Crippen LogP contribution is 2.31. The third-order valence-electron chi connectivity index (χ3n) is 3.58. The molecule has 1 unspecified atom stereocenters. The smallest absolute Gasteiger partial charge is 0.362 e. The van der Waals surface area contributed by atoms with Gasteiger partial charge in [0.05, 0.1) is 20.3 Å². The number of ether oxygens (including phenoxy) is 2. The van der Waals surface area contributed by atoms with Gasteiger partial charge in [-0.3, -0.25) is 0 Å². The lowest BCUT2D eigenvalue weighted by Gasteiger charge is -2.25. The fourth-order valence-electron chi connectivity index (χ4n) is 2.49. The molecule has 7 heteroatoms. The van der Waals surface area contributed by atoms with Crippen LogP contribution in [0.25, 0.3) is 0 Å². The maximum absolute atomic E-state index is 11.7. The molecular weight excluding hydrogens is 272 g/mol. The van der Waals surface area contributed by atoms with Crippen LogP contribution in [0.4, 0.5) is 5.82 Å². The van der Waals surface area contributed by atoms with Crippen LogP contribution in [0.15, 0.2) is 24.3 Å². The van der Waals surface area contributed by atoms with Crippen LogP contribution in [0.5, 0.6) is 5.75 Å². The van der Waals surface area contributed by atoms with Crippen LogP contribution in [0, 0.1) is 0 Å². The quantitative estimate of drug-likeness (QED) is 0.862. The highest BCUT2D eigenvalue weighted by Gasteiger charge is 2.28. The molecule has 0 fully saturated rings. The second kappa shape index (κ2) is 5.43. The van der Waals surface area contributed by atoms with E-state index in [9.17, 15) is 4.79 Å². The van der Waals surface area contributed by atoms with Crippen molar-refractivity contribution >= 4 is 11.8 Å². The van der Waals surface area contributed by atoms with Crippen LogP contribution in [-0.4, -0.2) is 41.7 Å². The molecule has 1 aliphatic rings. The molecule has 0 spiro atoms. The number of aromatic nitrogens is 3. The molecule has 2 aromatic rings. The van der Waals surface area contributed by atoms with Gasteiger partial charge in [0.2, 0.25) is 5.69 Å². The Bertz CT molecular complexity index is 651. The van der Waals surface area contributed by atoms with E-state index >= 15 is 0 Å². The van der Waals surface area contributed by atoms with Crippen molar-refractivity contribution in [2.24, 2.45) is 0 Å². The van der Waals surface area contributed by atoms with Crippen molar-refractivity contribution in [1.82, 2.24) is 15.0 Å². The molecule has 0 bridgehead atoms. The fraction of sp³-hybridized carbons (Fsp3) is 0.357. The Hall–Kier alpha value is -2.57. The van der Waals surface area contributed by atoms with Crippen LogP contribution in [0.2, 0.25) is 0 Å². The number of anilines is 1. The average molecular weight is 288 g/mol. The average Bonchev–Trinajstić information content (AvgIpc) is 2.98. The van der Waals surface area contributed by atoms with Gasteiger partial charge in [-0.15, -0.1) is 5.10 Å². The zero-order valence-electron chi connectivity index (χ0n) is 11.9. The monoisotopic (exact) mass is 288 g/mol. The molecule has 3 rings (SSSR count). The number of methoxy groups -OCH3 is 2. The van der Waals surface area contributed by atoms with E-state index in [1.165, 1.54) is 7.11 Å².